The second-order valence-corrected chi connectivity index (χ2v) is 9.29. The van der Waals surface area contributed by atoms with Gasteiger partial charge in [0.05, 0.1) is 6.10 Å². The summed E-state index contributed by atoms with van der Waals surface area (Å²) in [6.07, 6.45) is 0.346. The molecule has 0 bridgehead atoms. The van der Waals surface area contributed by atoms with E-state index in [1.54, 1.807) is 0 Å². The first kappa shape index (κ1) is 17.1. The van der Waals surface area contributed by atoms with Gasteiger partial charge in [0.1, 0.15) is 0 Å². The van der Waals surface area contributed by atoms with E-state index in [0.29, 0.717) is 18.2 Å². The zero-order valence-corrected chi connectivity index (χ0v) is 14.5. The van der Waals surface area contributed by atoms with E-state index in [9.17, 15) is 0 Å². The summed E-state index contributed by atoms with van der Waals surface area (Å²) in [6, 6.07) is 1.16. The molecule has 0 spiro atoms. The Morgan fingerprint density at radius 1 is 1.00 bits per heavy atom. The molecule has 2 nitrogen and oxygen atoms in total. The molecule has 0 saturated carbocycles. The molecule has 0 aliphatic carbocycles. The fraction of sp³-hybridized carbons (Fsp3) is 1.00. The van der Waals surface area contributed by atoms with E-state index in [1.165, 1.54) is 0 Å². The molecular formula is C14H33NOSi. The first-order valence-electron chi connectivity index (χ1n) is 6.97. The summed E-state index contributed by atoms with van der Waals surface area (Å²) in [5.74, 6) is 0. The first-order chi connectivity index (χ1) is 7.55. The van der Waals surface area contributed by atoms with E-state index in [1.807, 2.05) is 0 Å². The van der Waals surface area contributed by atoms with Crippen molar-refractivity contribution in [2.24, 2.45) is 5.41 Å². The third kappa shape index (κ3) is 6.58. The topological polar surface area (TPSA) is 12.5 Å². The third-order valence-electron chi connectivity index (χ3n) is 3.11. The number of nitrogens with zero attached hydrogens (tertiary/aromatic N) is 1. The quantitative estimate of drug-likeness (QED) is 0.677. The lowest BCUT2D eigenvalue weighted by atomic mass is 9.88. The Kier molecular flexibility index (Phi) is 6.96. The van der Waals surface area contributed by atoms with Gasteiger partial charge in [0.25, 0.3) is 0 Å². The fourth-order valence-corrected chi connectivity index (χ4v) is 3.21. The highest BCUT2D eigenvalue weighted by atomic mass is 28.3. The highest BCUT2D eigenvalue weighted by molar-refractivity contribution is 6.48. The van der Waals surface area contributed by atoms with Crippen LogP contribution in [0.25, 0.3) is 0 Å². The Bertz CT molecular complexity index is 201. The normalized spacial score (nSPS) is 15.4. The van der Waals surface area contributed by atoms with Crippen LogP contribution < -0.4 is 0 Å². The second kappa shape index (κ2) is 6.91. The lowest BCUT2D eigenvalue weighted by Gasteiger charge is -2.40. The first-order valence-corrected chi connectivity index (χ1v) is 9.75. The molecule has 17 heavy (non-hydrogen) atoms. The lowest BCUT2D eigenvalue weighted by molar-refractivity contribution is 0.0260. The molecule has 0 radical (unpaired) electrons. The van der Waals surface area contributed by atoms with Crippen molar-refractivity contribution in [3.63, 3.8) is 0 Å². The fourth-order valence-electron chi connectivity index (χ4n) is 2.06. The van der Waals surface area contributed by atoms with Crippen LogP contribution in [0.15, 0.2) is 0 Å². The van der Waals surface area contributed by atoms with Gasteiger partial charge in [-0.3, -0.25) is 4.90 Å². The molecule has 0 aromatic heterocycles. The van der Waals surface area contributed by atoms with Crippen LogP contribution in [0.1, 0.15) is 48.5 Å². The van der Waals surface area contributed by atoms with Crippen LogP contribution in [-0.2, 0) is 4.43 Å². The zero-order valence-electron chi connectivity index (χ0n) is 13.4. The van der Waals surface area contributed by atoms with Crippen LogP contribution in [0.3, 0.4) is 0 Å². The predicted octanol–water partition coefficient (Wildman–Crippen LogP) is 3.52. The Balaban J connectivity index is 4.71. The summed E-state index contributed by atoms with van der Waals surface area (Å²) >= 11 is 0. The summed E-state index contributed by atoms with van der Waals surface area (Å²) in [6.45, 7) is 21.5. The van der Waals surface area contributed by atoms with Crippen molar-refractivity contribution >= 4 is 9.04 Å². The summed E-state index contributed by atoms with van der Waals surface area (Å²) in [5, 5.41) is 0. The average molecular weight is 260 g/mol. The summed E-state index contributed by atoms with van der Waals surface area (Å²) in [7, 11) is -0.976. The molecule has 0 heterocycles. The maximum Gasteiger partial charge on any atom is 0.171 e. The minimum atomic E-state index is -0.976. The van der Waals surface area contributed by atoms with Crippen LogP contribution in [0.4, 0.5) is 0 Å². The molecule has 0 rings (SSSR count). The highest BCUT2D eigenvalue weighted by Crippen LogP contribution is 2.25. The van der Waals surface area contributed by atoms with E-state index < -0.39 is 9.04 Å². The van der Waals surface area contributed by atoms with Gasteiger partial charge in [-0.25, -0.2) is 0 Å². The average Bonchev–Trinajstić information content (AvgIpc) is 2.07. The number of hydrogen-bond donors (Lipinski definition) is 0. The SMILES string of the molecule is CC(C)N(CC(O[SiH](C)C)C(C)(C)C)C(C)C. The summed E-state index contributed by atoms with van der Waals surface area (Å²) in [5.41, 5.74) is 0.222. The van der Waals surface area contributed by atoms with Crippen molar-refractivity contribution in [3.8, 4) is 0 Å². The zero-order chi connectivity index (χ0) is 13.8. The maximum absolute atomic E-state index is 6.24. The molecule has 0 saturated heterocycles. The molecule has 0 fully saturated rings. The Hall–Kier alpha value is 0.137. The van der Waals surface area contributed by atoms with Gasteiger partial charge in [-0.05, 0) is 46.2 Å². The lowest BCUT2D eigenvalue weighted by Crippen LogP contribution is -2.48. The van der Waals surface area contributed by atoms with Crippen molar-refractivity contribution in [2.45, 2.75) is 79.7 Å². The van der Waals surface area contributed by atoms with Crippen LogP contribution in [0, 0.1) is 5.41 Å². The van der Waals surface area contributed by atoms with Gasteiger partial charge in [-0.1, -0.05) is 20.8 Å². The Labute approximate surface area is 110 Å². The van der Waals surface area contributed by atoms with Crippen molar-refractivity contribution in [1.29, 1.82) is 0 Å². The van der Waals surface area contributed by atoms with E-state index >= 15 is 0 Å². The minimum Gasteiger partial charge on any atom is -0.416 e. The van der Waals surface area contributed by atoms with Gasteiger partial charge in [0.15, 0.2) is 9.04 Å². The molecule has 104 valence electrons. The Morgan fingerprint density at radius 2 is 1.41 bits per heavy atom. The van der Waals surface area contributed by atoms with Crippen molar-refractivity contribution in [1.82, 2.24) is 4.90 Å². The summed E-state index contributed by atoms with van der Waals surface area (Å²) in [4.78, 5) is 2.53. The van der Waals surface area contributed by atoms with Gasteiger partial charge in [-0.2, -0.15) is 0 Å². The van der Waals surface area contributed by atoms with Gasteiger partial charge in [-0.15, -0.1) is 0 Å². The van der Waals surface area contributed by atoms with Crippen molar-refractivity contribution < 1.29 is 4.43 Å². The van der Waals surface area contributed by atoms with E-state index in [4.69, 9.17) is 4.43 Å². The molecule has 3 heteroatoms. The predicted molar refractivity (Wildman–Crippen MR) is 80.2 cm³/mol. The monoisotopic (exact) mass is 259 g/mol. The van der Waals surface area contributed by atoms with Crippen LogP contribution in [0.2, 0.25) is 13.1 Å². The number of rotatable bonds is 6. The van der Waals surface area contributed by atoms with Crippen molar-refractivity contribution in [2.75, 3.05) is 6.54 Å². The van der Waals surface area contributed by atoms with Gasteiger partial charge >= 0.3 is 0 Å². The van der Waals surface area contributed by atoms with Crippen LogP contribution in [0.5, 0.6) is 0 Å². The molecule has 0 N–H and O–H groups in total. The van der Waals surface area contributed by atoms with Gasteiger partial charge in [0, 0.05) is 18.6 Å². The molecule has 1 atom stereocenters. The molecule has 0 aliphatic heterocycles. The molecule has 0 amide bonds. The van der Waals surface area contributed by atoms with E-state index in [2.05, 4.69) is 66.5 Å². The van der Waals surface area contributed by atoms with Gasteiger partial charge < -0.3 is 4.43 Å². The molecule has 0 aliphatic rings. The molecule has 1 unspecified atom stereocenters. The molecular weight excluding hydrogens is 226 g/mol. The smallest absolute Gasteiger partial charge is 0.171 e. The third-order valence-corrected chi connectivity index (χ3v) is 3.98. The molecule has 0 aromatic rings. The van der Waals surface area contributed by atoms with Crippen LogP contribution >= 0.6 is 0 Å². The minimum absolute atomic E-state index is 0.222. The van der Waals surface area contributed by atoms with Crippen molar-refractivity contribution in [3.05, 3.63) is 0 Å². The maximum atomic E-state index is 6.24. The van der Waals surface area contributed by atoms with Gasteiger partial charge in [0.2, 0.25) is 0 Å². The van der Waals surface area contributed by atoms with E-state index in [-0.39, 0.29) is 5.41 Å². The number of hydrogen-bond acceptors (Lipinski definition) is 2. The second-order valence-electron chi connectivity index (χ2n) is 6.92. The Morgan fingerprint density at radius 3 is 1.65 bits per heavy atom. The summed E-state index contributed by atoms with van der Waals surface area (Å²) < 4.78 is 6.24. The largest absolute Gasteiger partial charge is 0.416 e. The van der Waals surface area contributed by atoms with Crippen LogP contribution in [-0.4, -0.2) is 38.7 Å². The van der Waals surface area contributed by atoms with E-state index in [0.717, 1.165) is 6.54 Å². The molecule has 0 aromatic carbocycles. The highest BCUT2D eigenvalue weighted by Gasteiger charge is 2.29. The standard InChI is InChI=1S/C14H33NOSi/c1-11(2)15(12(3)4)10-13(14(5,6)7)16-17(8)9/h11-13,17H,10H2,1-9H3.